The van der Waals surface area contributed by atoms with E-state index in [1.807, 2.05) is 18.2 Å². The number of alkyl halides is 3. The summed E-state index contributed by atoms with van der Waals surface area (Å²) in [5.41, 5.74) is 0.345. The van der Waals surface area contributed by atoms with Crippen LogP contribution >= 0.6 is 11.3 Å². The summed E-state index contributed by atoms with van der Waals surface area (Å²) in [5.74, 6) is 0. The molecule has 1 aromatic heterocycles. The number of fused-ring (bicyclic) bond motifs is 3. The molecule has 1 nitrogen and oxygen atoms in total. The van der Waals surface area contributed by atoms with Crippen LogP contribution in [0.5, 0.6) is 0 Å². The number of hydrogen-bond donors (Lipinski definition) is 0. The van der Waals surface area contributed by atoms with Crippen LogP contribution in [0.4, 0.5) is 13.2 Å². The van der Waals surface area contributed by atoms with Crippen LogP contribution in [0.15, 0.2) is 60.7 Å². The lowest BCUT2D eigenvalue weighted by Gasteiger charge is -2.20. The molecule has 4 aromatic rings. The zero-order valence-corrected chi connectivity index (χ0v) is 16.1. The van der Waals surface area contributed by atoms with Gasteiger partial charge < -0.3 is 0 Å². The molecule has 6 heteroatoms. The van der Waals surface area contributed by atoms with Gasteiger partial charge in [0.25, 0.3) is 0 Å². The van der Waals surface area contributed by atoms with Crippen molar-refractivity contribution in [1.29, 1.82) is 0 Å². The Balaban J connectivity index is 1.81. The molecule has 0 radical (unpaired) electrons. The van der Waals surface area contributed by atoms with Crippen LogP contribution in [-0.4, -0.2) is 13.1 Å². The largest absolute Gasteiger partial charge is 0.416 e. The molecular formula is C20H16F3NSSi. The molecule has 0 saturated carbocycles. The molecule has 0 bridgehead atoms. The van der Waals surface area contributed by atoms with Crippen LogP contribution in [0, 0.1) is 0 Å². The van der Waals surface area contributed by atoms with E-state index in [-0.39, 0.29) is 0 Å². The lowest BCUT2D eigenvalue weighted by atomic mass is 10.1. The molecule has 26 heavy (non-hydrogen) atoms. The number of nitrogens with zero attached hydrogens (tertiary/aromatic N) is 1. The van der Waals surface area contributed by atoms with Gasteiger partial charge in [-0.1, -0.05) is 72.9 Å². The van der Waals surface area contributed by atoms with E-state index >= 15 is 0 Å². The molecule has 0 fully saturated rings. The van der Waals surface area contributed by atoms with Crippen molar-refractivity contribution in [2.75, 3.05) is 0 Å². The lowest BCUT2D eigenvalue weighted by molar-refractivity contribution is -0.137. The summed E-state index contributed by atoms with van der Waals surface area (Å²) in [5, 5.41) is 3.30. The van der Waals surface area contributed by atoms with E-state index in [1.54, 1.807) is 23.5 Å². The second-order valence-electron chi connectivity index (χ2n) is 6.85. The van der Waals surface area contributed by atoms with Crippen molar-refractivity contribution in [3.63, 3.8) is 0 Å². The van der Waals surface area contributed by atoms with E-state index in [2.05, 4.69) is 31.3 Å². The van der Waals surface area contributed by atoms with Gasteiger partial charge in [-0.25, -0.2) is 4.98 Å². The van der Waals surface area contributed by atoms with Crippen LogP contribution in [-0.2, 0) is 6.18 Å². The SMILES string of the molecule is C[Si](C)(c1ccc(C(F)(F)F)cc1)c1nc2ccc3ccccc3c2s1. The highest BCUT2D eigenvalue weighted by Crippen LogP contribution is 2.30. The van der Waals surface area contributed by atoms with Crippen LogP contribution in [0.2, 0.25) is 13.1 Å². The van der Waals surface area contributed by atoms with Gasteiger partial charge in [0.05, 0.1) is 20.4 Å². The summed E-state index contributed by atoms with van der Waals surface area (Å²) in [6.45, 7) is 4.27. The molecule has 0 N–H and O–H groups in total. The third kappa shape index (κ3) is 2.83. The van der Waals surface area contributed by atoms with Gasteiger partial charge in [-0.2, -0.15) is 13.2 Å². The fourth-order valence-electron chi connectivity index (χ4n) is 3.12. The normalized spacial score (nSPS) is 12.8. The monoisotopic (exact) mass is 387 g/mol. The lowest BCUT2D eigenvalue weighted by Crippen LogP contribution is -2.52. The van der Waals surface area contributed by atoms with Crippen molar-refractivity contribution in [3.8, 4) is 0 Å². The molecular weight excluding hydrogens is 371 g/mol. The average Bonchev–Trinajstić information content (AvgIpc) is 3.07. The van der Waals surface area contributed by atoms with Gasteiger partial charge in [-0.05, 0) is 11.5 Å². The molecule has 0 amide bonds. The van der Waals surface area contributed by atoms with Gasteiger partial charge in [-0.3, -0.25) is 0 Å². The topological polar surface area (TPSA) is 12.9 Å². The summed E-state index contributed by atoms with van der Waals surface area (Å²) in [6.07, 6.45) is -4.31. The fourth-order valence-corrected chi connectivity index (χ4v) is 7.30. The molecule has 0 saturated heterocycles. The second-order valence-corrected chi connectivity index (χ2v) is 12.5. The van der Waals surface area contributed by atoms with Crippen molar-refractivity contribution >= 4 is 50.2 Å². The standard InChI is InChI=1S/C20H16F3NSSi/c1-26(2,15-10-8-14(9-11-15)20(21,22)23)19-24-17-12-7-13-5-3-4-6-16(13)18(17)25-19/h3-12H,1-2H3. The van der Waals surface area contributed by atoms with Crippen molar-refractivity contribution in [2.45, 2.75) is 19.3 Å². The third-order valence-electron chi connectivity index (χ3n) is 4.75. The Morgan fingerprint density at radius 2 is 1.58 bits per heavy atom. The number of hydrogen-bond acceptors (Lipinski definition) is 2. The summed E-state index contributed by atoms with van der Waals surface area (Å²) in [7, 11) is -2.17. The summed E-state index contributed by atoms with van der Waals surface area (Å²) in [4.78, 5) is 4.84. The van der Waals surface area contributed by atoms with Crippen LogP contribution < -0.4 is 9.82 Å². The fraction of sp³-hybridized carbons (Fsp3) is 0.150. The first-order valence-electron chi connectivity index (χ1n) is 8.23. The van der Waals surface area contributed by atoms with E-state index in [1.165, 1.54) is 22.9 Å². The first-order valence-corrected chi connectivity index (χ1v) is 12.0. The Labute approximate surface area is 154 Å². The quantitative estimate of drug-likeness (QED) is 0.426. The van der Waals surface area contributed by atoms with E-state index < -0.39 is 19.8 Å². The number of benzene rings is 3. The molecule has 0 atom stereocenters. The summed E-state index contributed by atoms with van der Waals surface area (Å²) < 4.78 is 40.7. The van der Waals surface area contributed by atoms with Gasteiger partial charge in [0.1, 0.15) is 8.07 Å². The highest BCUT2D eigenvalue weighted by Gasteiger charge is 2.33. The van der Waals surface area contributed by atoms with Crippen molar-refractivity contribution in [3.05, 3.63) is 66.2 Å². The number of rotatable bonds is 2. The minimum atomic E-state index is -4.31. The minimum Gasteiger partial charge on any atom is -0.246 e. The van der Waals surface area contributed by atoms with E-state index in [4.69, 9.17) is 4.98 Å². The van der Waals surface area contributed by atoms with Crippen LogP contribution in [0.1, 0.15) is 5.56 Å². The predicted molar refractivity (Wildman–Crippen MR) is 105 cm³/mol. The predicted octanol–water partition coefficient (Wildman–Crippen LogP) is 5.29. The minimum absolute atomic E-state index is 0.610. The molecule has 0 unspecified atom stereocenters. The molecule has 0 aliphatic rings. The molecule has 1 heterocycles. The second kappa shape index (κ2) is 5.92. The molecule has 0 spiro atoms. The number of halogens is 3. The molecule has 4 rings (SSSR count). The zero-order chi connectivity index (χ0) is 18.5. The van der Waals surface area contributed by atoms with Crippen molar-refractivity contribution in [1.82, 2.24) is 4.98 Å². The summed E-state index contributed by atoms with van der Waals surface area (Å²) >= 11 is 1.67. The molecule has 132 valence electrons. The molecule has 0 aliphatic heterocycles. The van der Waals surface area contributed by atoms with Gasteiger partial charge in [0, 0.05) is 5.39 Å². The van der Waals surface area contributed by atoms with E-state index in [0.717, 1.165) is 20.0 Å². The third-order valence-corrected chi connectivity index (χ3v) is 10.5. The zero-order valence-electron chi connectivity index (χ0n) is 14.3. The van der Waals surface area contributed by atoms with Gasteiger partial charge in [-0.15, -0.1) is 11.3 Å². The smallest absolute Gasteiger partial charge is 0.246 e. The Bertz CT molecular complexity index is 1100. The Kier molecular flexibility index (Phi) is 3.93. The average molecular weight is 388 g/mol. The Morgan fingerprint density at radius 1 is 0.885 bits per heavy atom. The first-order chi connectivity index (χ1) is 12.3. The van der Waals surface area contributed by atoms with Crippen molar-refractivity contribution in [2.24, 2.45) is 0 Å². The Morgan fingerprint density at radius 3 is 2.27 bits per heavy atom. The highest BCUT2D eigenvalue weighted by molar-refractivity contribution is 7.33. The van der Waals surface area contributed by atoms with Gasteiger partial charge in [0.2, 0.25) is 0 Å². The summed E-state index contributed by atoms with van der Waals surface area (Å²) in [6, 6.07) is 17.8. The maximum absolute atomic E-state index is 12.8. The maximum atomic E-state index is 12.8. The molecule has 3 aromatic carbocycles. The van der Waals surface area contributed by atoms with E-state index in [0.29, 0.717) is 0 Å². The number of thiazole rings is 1. The van der Waals surface area contributed by atoms with Crippen molar-refractivity contribution < 1.29 is 13.2 Å². The van der Waals surface area contributed by atoms with Gasteiger partial charge in [0.15, 0.2) is 0 Å². The maximum Gasteiger partial charge on any atom is 0.416 e. The van der Waals surface area contributed by atoms with Crippen LogP contribution in [0.3, 0.4) is 0 Å². The van der Waals surface area contributed by atoms with Gasteiger partial charge >= 0.3 is 6.18 Å². The molecule has 0 aliphatic carbocycles. The van der Waals surface area contributed by atoms with Crippen LogP contribution in [0.25, 0.3) is 21.0 Å². The number of aromatic nitrogens is 1. The highest BCUT2D eigenvalue weighted by atomic mass is 32.1. The Hall–Kier alpha value is -2.18. The first kappa shape index (κ1) is 17.2. The van der Waals surface area contributed by atoms with E-state index in [9.17, 15) is 13.2 Å².